The topological polar surface area (TPSA) is 26.3 Å². The van der Waals surface area contributed by atoms with Crippen LogP contribution in [-0.4, -0.2) is 23.4 Å². The molecular formula is C20H31IO2. The number of ether oxygens (including phenoxy) is 1. The summed E-state index contributed by atoms with van der Waals surface area (Å²) in [4.78, 5) is 12.3. The van der Waals surface area contributed by atoms with E-state index in [0.29, 0.717) is 0 Å². The minimum Gasteiger partial charge on any atom is -0.377 e. The van der Waals surface area contributed by atoms with Crippen LogP contribution in [0.5, 0.6) is 0 Å². The molecule has 2 unspecified atom stereocenters. The maximum absolute atomic E-state index is 12.3. The Morgan fingerprint density at radius 2 is 2.17 bits per heavy atom. The molecule has 0 amide bonds. The van der Waals surface area contributed by atoms with Gasteiger partial charge in [-0.15, -0.1) is 0 Å². The van der Waals surface area contributed by atoms with Crippen LogP contribution in [0.3, 0.4) is 0 Å². The van der Waals surface area contributed by atoms with Crippen molar-refractivity contribution in [1.82, 2.24) is 0 Å². The maximum Gasteiger partial charge on any atom is 0.159 e. The molecule has 23 heavy (non-hydrogen) atoms. The fourth-order valence-electron chi connectivity index (χ4n) is 3.91. The van der Waals surface area contributed by atoms with Gasteiger partial charge in [0.2, 0.25) is 0 Å². The Kier molecular flexibility index (Phi) is 8.22. The Bertz CT molecular complexity index is 488. The van der Waals surface area contributed by atoms with E-state index in [1.54, 1.807) is 7.11 Å². The summed E-state index contributed by atoms with van der Waals surface area (Å²) < 4.78 is 7.00. The molecule has 0 aromatic carbocycles. The Labute approximate surface area is 155 Å². The first kappa shape index (κ1) is 20.6. The number of rotatable bonds is 9. The molecule has 0 N–H and O–H groups in total. The van der Waals surface area contributed by atoms with Crippen LogP contribution in [0.15, 0.2) is 36.0 Å². The summed E-state index contributed by atoms with van der Waals surface area (Å²) >= 11 is 2.40. The van der Waals surface area contributed by atoms with Gasteiger partial charge in [-0.25, -0.2) is 0 Å². The summed E-state index contributed by atoms with van der Waals surface area (Å²) in [7, 11) is 1.77. The van der Waals surface area contributed by atoms with Crippen molar-refractivity contribution in [3.63, 3.8) is 0 Å². The highest BCUT2D eigenvalue weighted by Gasteiger charge is 2.43. The van der Waals surface area contributed by atoms with Gasteiger partial charge < -0.3 is 4.74 Å². The van der Waals surface area contributed by atoms with Crippen molar-refractivity contribution >= 4 is 28.4 Å². The Morgan fingerprint density at radius 3 is 2.70 bits per heavy atom. The van der Waals surface area contributed by atoms with Crippen molar-refractivity contribution in [1.29, 1.82) is 0 Å². The molecule has 0 aromatic rings. The lowest BCUT2D eigenvalue weighted by atomic mass is 9.62. The average molecular weight is 430 g/mol. The molecule has 0 bridgehead atoms. The van der Waals surface area contributed by atoms with Crippen LogP contribution in [0.4, 0.5) is 0 Å². The number of carbonyl (C=O) groups is 1. The van der Waals surface area contributed by atoms with Gasteiger partial charge in [0.15, 0.2) is 5.78 Å². The lowest BCUT2D eigenvalue weighted by molar-refractivity contribution is -0.121. The van der Waals surface area contributed by atoms with Gasteiger partial charge in [-0.2, -0.15) is 0 Å². The summed E-state index contributed by atoms with van der Waals surface area (Å²) in [6.45, 7) is 14.5. The molecule has 0 spiro atoms. The van der Waals surface area contributed by atoms with Crippen LogP contribution < -0.4 is 0 Å². The highest BCUT2D eigenvalue weighted by Crippen LogP contribution is 2.48. The first-order valence-electron chi connectivity index (χ1n) is 8.41. The van der Waals surface area contributed by atoms with Crippen molar-refractivity contribution in [2.24, 2.45) is 11.3 Å². The van der Waals surface area contributed by atoms with E-state index in [1.165, 1.54) is 22.8 Å². The molecule has 0 saturated carbocycles. The summed E-state index contributed by atoms with van der Waals surface area (Å²) in [6.07, 6.45) is 6.42. The molecule has 3 heteroatoms. The minimum atomic E-state index is -0.197. The molecule has 0 fully saturated rings. The van der Waals surface area contributed by atoms with Crippen LogP contribution in [0.1, 0.15) is 52.9 Å². The summed E-state index contributed by atoms with van der Waals surface area (Å²) in [6, 6.07) is 0. The van der Waals surface area contributed by atoms with Crippen LogP contribution in [0.25, 0.3) is 0 Å². The first-order valence-corrected chi connectivity index (χ1v) is 9.93. The largest absolute Gasteiger partial charge is 0.377 e. The van der Waals surface area contributed by atoms with Crippen molar-refractivity contribution < 1.29 is 9.53 Å². The zero-order valence-electron chi connectivity index (χ0n) is 15.1. The van der Waals surface area contributed by atoms with E-state index < -0.39 is 0 Å². The second-order valence-electron chi connectivity index (χ2n) is 7.08. The average Bonchev–Trinajstić information content (AvgIpc) is 2.50. The fourth-order valence-corrected chi connectivity index (χ4v) is 4.29. The van der Waals surface area contributed by atoms with Crippen LogP contribution >= 0.6 is 22.6 Å². The van der Waals surface area contributed by atoms with E-state index in [1.807, 2.05) is 0 Å². The highest BCUT2D eigenvalue weighted by atomic mass is 127. The zero-order valence-corrected chi connectivity index (χ0v) is 17.2. The molecule has 0 saturated heterocycles. The summed E-state index contributed by atoms with van der Waals surface area (Å²) in [5.74, 6) is 0.151. The van der Waals surface area contributed by atoms with Gasteiger partial charge in [0.05, 0.1) is 6.10 Å². The highest BCUT2D eigenvalue weighted by molar-refractivity contribution is 14.1. The lowest BCUT2D eigenvalue weighted by Gasteiger charge is -2.43. The van der Waals surface area contributed by atoms with Crippen molar-refractivity contribution in [2.45, 2.75) is 59.0 Å². The Morgan fingerprint density at radius 1 is 1.52 bits per heavy atom. The van der Waals surface area contributed by atoms with Crippen LogP contribution in [0, 0.1) is 11.3 Å². The SMILES string of the molecule is C=CC(=O)C1CCC(C)=C(C(CC(=C)CCCI)OC)C1(C)C. The molecule has 2 nitrogen and oxygen atoms in total. The van der Waals surface area contributed by atoms with E-state index in [-0.39, 0.29) is 23.2 Å². The van der Waals surface area contributed by atoms with Crippen molar-refractivity contribution in [3.05, 3.63) is 36.0 Å². The Balaban J connectivity index is 3.06. The first-order chi connectivity index (χ1) is 10.8. The van der Waals surface area contributed by atoms with E-state index >= 15 is 0 Å². The molecule has 0 heterocycles. The van der Waals surface area contributed by atoms with Gasteiger partial charge in [-0.1, -0.05) is 60.7 Å². The quantitative estimate of drug-likeness (QED) is 0.204. The summed E-state index contributed by atoms with van der Waals surface area (Å²) in [5.41, 5.74) is 3.71. The zero-order chi connectivity index (χ0) is 17.6. The number of carbonyl (C=O) groups excluding carboxylic acids is 1. The number of methoxy groups -OCH3 is 1. The van der Waals surface area contributed by atoms with E-state index in [2.05, 4.69) is 56.5 Å². The Hall–Kier alpha value is -0.420. The van der Waals surface area contributed by atoms with Gasteiger partial charge in [-0.3, -0.25) is 4.79 Å². The fraction of sp³-hybridized carbons (Fsp3) is 0.650. The van der Waals surface area contributed by atoms with E-state index in [9.17, 15) is 4.79 Å². The smallest absolute Gasteiger partial charge is 0.159 e. The van der Waals surface area contributed by atoms with Crippen LogP contribution in [0.2, 0.25) is 0 Å². The van der Waals surface area contributed by atoms with Gasteiger partial charge >= 0.3 is 0 Å². The third-order valence-electron chi connectivity index (χ3n) is 5.12. The number of halogens is 1. The number of hydrogen-bond donors (Lipinski definition) is 0. The van der Waals surface area contributed by atoms with Gasteiger partial charge in [0.1, 0.15) is 0 Å². The molecular weight excluding hydrogens is 399 g/mol. The molecule has 0 aromatic heterocycles. The van der Waals surface area contributed by atoms with E-state index in [4.69, 9.17) is 4.74 Å². The molecule has 2 atom stereocenters. The van der Waals surface area contributed by atoms with Crippen molar-refractivity contribution in [3.8, 4) is 0 Å². The number of ketones is 1. The molecule has 0 radical (unpaired) electrons. The molecule has 1 aliphatic rings. The number of hydrogen-bond acceptors (Lipinski definition) is 2. The van der Waals surface area contributed by atoms with Gasteiger partial charge in [0, 0.05) is 13.0 Å². The second-order valence-corrected chi connectivity index (χ2v) is 8.16. The lowest BCUT2D eigenvalue weighted by Crippen LogP contribution is -2.40. The second kappa shape index (κ2) is 9.16. The third-order valence-corrected chi connectivity index (χ3v) is 5.89. The third kappa shape index (κ3) is 5.02. The van der Waals surface area contributed by atoms with E-state index in [0.717, 1.165) is 36.5 Å². The molecule has 1 rings (SSSR count). The molecule has 1 aliphatic carbocycles. The maximum atomic E-state index is 12.3. The number of alkyl halides is 1. The minimum absolute atomic E-state index is 0.000962. The predicted octanol–water partition coefficient (Wildman–Crippen LogP) is 5.67. The van der Waals surface area contributed by atoms with Crippen molar-refractivity contribution in [2.75, 3.05) is 11.5 Å². The monoisotopic (exact) mass is 430 g/mol. The van der Waals surface area contributed by atoms with Crippen LogP contribution in [-0.2, 0) is 9.53 Å². The summed E-state index contributed by atoms with van der Waals surface area (Å²) in [5, 5.41) is 0. The number of allylic oxidation sites excluding steroid dienone is 2. The van der Waals surface area contributed by atoms with Gasteiger partial charge in [0.25, 0.3) is 0 Å². The molecule has 0 aliphatic heterocycles. The molecule has 130 valence electrons. The normalized spacial score (nSPS) is 21.9. The predicted molar refractivity (Wildman–Crippen MR) is 107 cm³/mol. The standard InChI is InChI=1S/C20H31IO2/c1-7-17(22)16-11-10-15(3)19(20(16,4)5)18(23-6)13-14(2)9-8-12-21/h7,16,18H,1-2,8-13H2,3-6H3. The van der Waals surface area contributed by atoms with Gasteiger partial charge in [-0.05, 0) is 60.5 Å².